The Kier molecular flexibility index (Phi) is 15.0. The summed E-state index contributed by atoms with van der Waals surface area (Å²) in [5, 5.41) is 57.6. The molecule has 1 amide bonds. The summed E-state index contributed by atoms with van der Waals surface area (Å²) in [6.07, 6.45) is 1.60. The Hall–Kier alpha value is -1.26. The molecule has 4 unspecified atom stereocenters. The summed E-state index contributed by atoms with van der Waals surface area (Å²) < 4.78 is 0. The summed E-state index contributed by atoms with van der Waals surface area (Å²) in [5.41, 5.74) is 0. The van der Waals surface area contributed by atoms with E-state index in [0.717, 1.165) is 57.8 Å². The number of unbranched alkanes of at least 4 members (excludes halogenated alkanes) is 8. The number of carboxylic acids is 1. The second-order valence-electron chi connectivity index (χ2n) is 6.79. The molecule has 0 radical (unpaired) electrons. The molecule has 0 aromatic heterocycles. The zero-order valence-electron chi connectivity index (χ0n) is 15.8. The Morgan fingerprint density at radius 2 is 1.22 bits per heavy atom. The molecule has 7 N–H and O–H groups in total. The number of aliphatic hydroxyl groups is 5. The number of amides is 1. The van der Waals surface area contributed by atoms with Crippen LogP contribution in [0.1, 0.15) is 64.2 Å². The van der Waals surface area contributed by atoms with E-state index in [1.165, 1.54) is 0 Å². The van der Waals surface area contributed by atoms with E-state index in [-0.39, 0.29) is 6.42 Å². The van der Waals surface area contributed by atoms with Crippen molar-refractivity contribution in [2.45, 2.75) is 88.6 Å². The molecule has 0 spiro atoms. The standard InChI is InChI=1S/C18H35NO8/c20-12-13(21)15(24)16(25)17(26)18(27)19-11-9-7-5-3-1-2-4-6-8-10-14(22)23/h13,15-17,20-21,24-26H,1-12H2,(H,19,27)(H,22,23). The fraction of sp³-hybridized carbons (Fsp3) is 0.889. The lowest BCUT2D eigenvalue weighted by Crippen LogP contribution is -2.51. The smallest absolute Gasteiger partial charge is 0.303 e. The predicted molar refractivity (Wildman–Crippen MR) is 97.9 cm³/mol. The fourth-order valence-corrected chi connectivity index (χ4v) is 2.63. The number of carbonyl (C=O) groups is 2. The third kappa shape index (κ3) is 12.7. The van der Waals surface area contributed by atoms with Crippen LogP contribution in [-0.4, -0.2) is 80.1 Å². The summed E-state index contributed by atoms with van der Waals surface area (Å²) in [6.45, 7) is -0.467. The summed E-state index contributed by atoms with van der Waals surface area (Å²) >= 11 is 0. The van der Waals surface area contributed by atoms with Crippen molar-refractivity contribution in [2.75, 3.05) is 13.2 Å². The van der Waals surface area contributed by atoms with E-state index >= 15 is 0 Å². The van der Waals surface area contributed by atoms with Gasteiger partial charge in [0.15, 0.2) is 6.10 Å². The zero-order valence-corrected chi connectivity index (χ0v) is 15.8. The number of hydrogen-bond acceptors (Lipinski definition) is 7. The van der Waals surface area contributed by atoms with E-state index in [0.29, 0.717) is 6.54 Å². The van der Waals surface area contributed by atoms with Gasteiger partial charge in [-0.25, -0.2) is 0 Å². The van der Waals surface area contributed by atoms with Crippen LogP contribution in [0.15, 0.2) is 0 Å². The fourth-order valence-electron chi connectivity index (χ4n) is 2.63. The lowest BCUT2D eigenvalue weighted by atomic mass is 10.0. The van der Waals surface area contributed by atoms with E-state index < -0.39 is 42.9 Å². The van der Waals surface area contributed by atoms with Gasteiger partial charge in [0.1, 0.15) is 18.3 Å². The van der Waals surface area contributed by atoms with Crippen LogP contribution in [0.2, 0.25) is 0 Å². The van der Waals surface area contributed by atoms with Crippen LogP contribution >= 0.6 is 0 Å². The zero-order chi connectivity index (χ0) is 20.7. The largest absolute Gasteiger partial charge is 0.481 e. The van der Waals surface area contributed by atoms with Crippen molar-refractivity contribution < 1.29 is 40.2 Å². The monoisotopic (exact) mass is 393 g/mol. The lowest BCUT2D eigenvalue weighted by Gasteiger charge is -2.24. The number of aliphatic carboxylic acids is 1. The molecule has 4 atom stereocenters. The molecule has 0 aliphatic rings. The first-order chi connectivity index (χ1) is 12.8. The molecule has 9 heteroatoms. The molecule has 0 bridgehead atoms. The third-order valence-corrected chi connectivity index (χ3v) is 4.39. The van der Waals surface area contributed by atoms with Crippen LogP contribution in [0.4, 0.5) is 0 Å². The minimum Gasteiger partial charge on any atom is -0.481 e. The topological polar surface area (TPSA) is 168 Å². The third-order valence-electron chi connectivity index (χ3n) is 4.39. The number of carboxylic acid groups (broad SMARTS) is 1. The average Bonchev–Trinajstić information content (AvgIpc) is 2.65. The maximum Gasteiger partial charge on any atom is 0.303 e. The van der Waals surface area contributed by atoms with Crippen LogP contribution in [-0.2, 0) is 9.59 Å². The van der Waals surface area contributed by atoms with E-state index in [1.54, 1.807) is 0 Å². The van der Waals surface area contributed by atoms with Crippen LogP contribution in [0.3, 0.4) is 0 Å². The molecule has 0 aromatic carbocycles. The second-order valence-corrected chi connectivity index (χ2v) is 6.79. The highest BCUT2D eigenvalue weighted by molar-refractivity contribution is 5.81. The van der Waals surface area contributed by atoms with E-state index in [1.807, 2.05) is 0 Å². The predicted octanol–water partition coefficient (Wildman–Crippen LogP) is -0.476. The highest BCUT2D eigenvalue weighted by Gasteiger charge is 2.33. The van der Waals surface area contributed by atoms with Gasteiger partial charge in [0.2, 0.25) is 0 Å². The first kappa shape index (κ1) is 25.7. The van der Waals surface area contributed by atoms with Crippen molar-refractivity contribution in [3.63, 3.8) is 0 Å². The van der Waals surface area contributed by atoms with Crippen molar-refractivity contribution in [3.05, 3.63) is 0 Å². The Balaban J connectivity index is 3.61. The Morgan fingerprint density at radius 3 is 1.70 bits per heavy atom. The van der Waals surface area contributed by atoms with Gasteiger partial charge in [0, 0.05) is 13.0 Å². The molecule has 27 heavy (non-hydrogen) atoms. The highest BCUT2D eigenvalue weighted by Crippen LogP contribution is 2.10. The summed E-state index contributed by atoms with van der Waals surface area (Å²) in [4.78, 5) is 22.0. The number of aliphatic hydroxyl groups excluding tert-OH is 5. The van der Waals surface area contributed by atoms with Crippen molar-refractivity contribution in [1.82, 2.24) is 5.32 Å². The van der Waals surface area contributed by atoms with E-state index in [4.69, 9.17) is 10.2 Å². The lowest BCUT2D eigenvalue weighted by molar-refractivity contribution is -0.148. The van der Waals surface area contributed by atoms with Crippen molar-refractivity contribution in [3.8, 4) is 0 Å². The van der Waals surface area contributed by atoms with Gasteiger partial charge in [-0.3, -0.25) is 9.59 Å². The molecule has 0 rings (SSSR count). The molecule has 0 fully saturated rings. The Labute approximate surface area is 160 Å². The normalized spacial score (nSPS) is 15.7. The Morgan fingerprint density at radius 1 is 0.741 bits per heavy atom. The minimum atomic E-state index is -1.89. The number of carbonyl (C=O) groups excluding carboxylic acids is 1. The minimum absolute atomic E-state index is 0.235. The molecule has 0 aromatic rings. The second kappa shape index (κ2) is 15.8. The van der Waals surface area contributed by atoms with Gasteiger partial charge in [-0.2, -0.15) is 0 Å². The first-order valence-electron chi connectivity index (χ1n) is 9.63. The average molecular weight is 393 g/mol. The molecule has 0 aliphatic heterocycles. The van der Waals surface area contributed by atoms with Crippen molar-refractivity contribution in [2.24, 2.45) is 0 Å². The number of hydrogen-bond donors (Lipinski definition) is 7. The molecule has 0 heterocycles. The van der Waals surface area contributed by atoms with Gasteiger partial charge < -0.3 is 36.0 Å². The maximum atomic E-state index is 11.7. The number of rotatable bonds is 17. The van der Waals surface area contributed by atoms with Crippen molar-refractivity contribution in [1.29, 1.82) is 0 Å². The van der Waals surface area contributed by atoms with E-state index in [9.17, 15) is 30.0 Å². The summed E-state index contributed by atoms with van der Waals surface area (Å²) in [5.74, 6) is -1.59. The maximum absolute atomic E-state index is 11.7. The molecule has 0 saturated heterocycles. The van der Waals surface area contributed by atoms with Crippen LogP contribution in [0.5, 0.6) is 0 Å². The number of nitrogens with one attached hydrogen (secondary N) is 1. The van der Waals surface area contributed by atoms with Crippen LogP contribution in [0.25, 0.3) is 0 Å². The molecule has 9 nitrogen and oxygen atoms in total. The molecular weight excluding hydrogens is 358 g/mol. The highest BCUT2D eigenvalue weighted by atomic mass is 16.4. The summed E-state index contributed by atoms with van der Waals surface area (Å²) in [6, 6.07) is 0. The summed E-state index contributed by atoms with van der Waals surface area (Å²) in [7, 11) is 0. The Bertz CT molecular complexity index is 407. The van der Waals surface area contributed by atoms with E-state index in [2.05, 4.69) is 5.32 Å². The quantitative estimate of drug-likeness (QED) is 0.163. The molecule has 0 saturated carbocycles. The van der Waals surface area contributed by atoms with Gasteiger partial charge in [-0.1, -0.05) is 44.9 Å². The van der Waals surface area contributed by atoms with Crippen LogP contribution < -0.4 is 5.32 Å². The van der Waals surface area contributed by atoms with Gasteiger partial charge in [0.25, 0.3) is 5.91 Å². The van der Waals surface area contributed by atoms with Gasteiger partial charge in [-0.05, 0) is 12.8 Å². The first-order valence-corrected chi connectivity index (χ1v) is 9.63. The van der Waals surface area contributed by atoms with Gasteiger partial charge >= 0.3 is 5.97 Å². The molecular formula is C18H35NO8. The molecule has 160 valence electrons. The SMILES string of the molecule is O=C(O)CCCCCCCCCCCNC(=O)C(O)C(O)C(O)C(O)CO. The van der Waals surface area contributed by atoms with Gasteiger partial charge in [-0.15, -0.1) is 0 Å². The molecule has 0 aliphatic carbocycles. The van der Waals surface area contributed by atoms with Crippen molar-refractivity contribution >= 4 is 11.9 Å². The van der Waals surface area contributed by atoms with Crippen LogP contribution in [0, 0.1) is 0 Å². The van der Waals surface area contributed by atoms with Gasteiger partial charge in [0.05, 0.1) is 6.61 Å².